The molecule has 17 heavy (non-hydrogen) atoms. The lowest BCUT2D eigenvalue weighted by Crippen LogP contribution is -2.42. The van der Waals surface area contributed by atoms with E-state index in [0.717, 1.165) is 31.4 Å². The summed E-state index contributed by atoms with van der Waals surface area (Å²) < 4.78 is 14.1. The zero-order chi connectivity index (χ0) is 12.3. The number of nitrogens with one attached hydrogen (secondary N) is 1. The molecule has 94 valence electrons. The molecule has 4 heteroatoms. The number of hydrogen-bond donors (Lipinski definition) is 1. The minimum absolute atomic E-state index is 0.0319. The Morgan fingerprint density at radius 1 is 1.35 bits per heavy atom. The quantitative estimate of drug-likeness (QED) is 0.879. The van der Waals surface area contributed by atoms with E-state index >= 15 is 0 Å². The van der Waals surface area contributed by atoms with E-state index in [1.807, 2.05) is 0 Å². The molecule has 1 fully saturated rings. The third-order valence-corrected chi connectivity index (χ3v) is 3.80. The fraction of sp³-hybridized carbons (Fsp3) is 0.538. The van der Waals surface area contributed by atoms with Crippen molar-refractivity contribution in [2.75, 3.05) is 6.54 Å². The molecule has 0 aromatic heterocycles. The van der Waals surface area contributed by atoms with Gasteiger partial charge in [0.05, 0.1) is 0 Å². The maximum Gasteiger partial charge on any atom is 0.119 e. The highest BCUT2D eigenvalue weighted by Gasteiger charge is 2.23. The van der Waals surface area contributed by atoms with Crippen molar-refractivity contribution in [3.8, 4) is 0 Å². The summed E-state index contributed by atoms with van der Waals surface area (Å²) in [6, 6.07) is 5.19. The fourth-order valence-corrected chi connectivity index (χ4v) is 2.71. The number of hydrogen-bond acceptors (Lipinski definition) is 1. The van der Waals surface area contributed by atoms with Crippen molar-refractivity contribution in [2.24, 2.45) is 0 Å². The Morgan fingerprint density at radius 2 is 2.18 bits per heavy atom. The molecule has 0 bridgehead atoms. The fourth-order valence-electron chi connectivity index (χ4n) is 2.23. The van der Waals surface area contributed by atoms with E-state index < -0.39 is 6.17 Å². The maximum absolute atomic E-state index is 14.1. The summed E-state index contributed by atoms with van der Waals surface area (Å²) in [6.45, 7) is 0.916. The average Bonchev–Trinajstić information content (AvgIpc) is 2.34. The second-order valence-electron chi connectivity index (χ2n) is 4.51. The first kappa shape index (κ1) is 13.1. The zero-order valence-corrected chi connectivity index (χ0v) is 11.1. The minimum atomic E-state index is -0.881. The van der Waals surface area contributed by atoms with Crippen LogP contribution in [-0.4, -0.2) is 18.8 Å². The van der Waals surface area contributed by atoms with Crippen molar-refractivity contribution in [3.05, 3.63) is 33.8 Å². The Balaban J connectivity index is 1.99. The Morgan fingerprint density at radius 3 is 2.82 bits per heavy atom. The van der Waals surface area contributed by atoms with Gasteiger partial charge in [-0.3, -0.25) is 0 Å². The SMILES string of the molecule is FC(Cc1ccc(Cl)cc1Cl)C1CCCCN1. The molecule has 1 aliphatic rings. The molecule has 1 saturated heterocycles. The van der Waals surface area contributed by atoms with E-state index in [0.29, 0.717) is 16.5 Å². The van der Waals surface area contributed by atoms with E-state index in [1.165, 1.54) is 0 Å². The van der Waals surface area contributed by atoms with Gasteiger partial charge in [-0.15, -0.1) is 0 Å². The van der Waals surface area contributed by atoms with E-state index in [2.05, 4.69) is 5.32 Å². The Hall–Kier alpha value is -0.310. The van der Waals surface area contributed by atoms with Crippen molar-refractivity contribution >= 4 is 23.2 Å². The lowest BCUT2D eigenvalue weighted by molar-refractivity contribution is 0.217. The largest absolute Gasteiger partial charge is 0.311 e. The van der Waals surface area contributed by atoms with E-state index in [9.17, 15) is 4.39 Å². The molecular formula is C13H16Cl2FN. The molecule has 0 spiro atoms. The molecule has 1 nitrogen and oxygen atoms in total. The number of rotatable bonds is 3. The second-order valence-corrected chi connectivity index (χ2v) is 5.36. The number of alkyl halides is 1. The molecular weight excluding hydrogens is 260 g/mol. The third-order valence-electron chi connectivity index (χ3n) is 3.22. The van der Waals surface area contributed by atoms with Gasteiger partial charge in [0.15, 0.2) is 0 Å². The molecule has 2 unspecified atom stereocenters. The number of benzene rings is 1. The molecule has 0 aliphatic carbocycles. The number of halogens is 3. The molecule has 1 aliphatic heterocycles. The molecule has 1 heterocycles. The third kappa shape index (κ3) is 3.57. The van der Waals surface area contributed by atoms with Crippen molar-refractivity contribution in [1.82, 2.24) is 5.32 Å². The predicted molar refractivity (Wildman–Crippen MR) is 70.7 cm³/mol. The summed E-state index contributed by atoms with van der Waals surface area (Å²) in [4.78, 5) is 0. The first-order chi connectivity index (χ1) is 8.16. The predicted octanol–water partition coefficient (Wildman–Crippen LogP) is 4.02. The first-order valence-corrected chi connectivity index (χ1v) is 6.74. The van der Waals surface area contributed by atoms with Gasteiger partial charge in [-0.2, -0.15) is 0 Å². The van der Waals surface area contributed by atoms with Gasteiger partial charge < -0.3 is 5.32 Å². The van der Waals surface area contributed by atoms with E-state index in [1.54, 1.807) is 18.2 Å². The van der Waals surface area contributed by atoms with Gasteiger partial charge in [-0.05, 0) is 37.1 Å². The summed E-state index contributed by atoms with van der Waals surface area (Å²) in [5.41, 5.74) is 0.830. The average molecular weight is 276 g/mol. The van der Waals surface area contributed by atoms with E-state index in [4.69, 9.17) is 23.2 Å². The molecule has 2 rings (SSSR count). The second kappa shape index (κ2) is 6.03. The summed E-state index contributed by atoms with van der Waals surface area (Å²) in [5.74, 6) is 0. The van der Waals surface area contributed by atoms with Gasteiger partial charge in [0.1, 0.15) is 6.17 Å². The van der Waals surface area contributed by atoms with Gasteiger partial charge in [-0.25, -0.2) is 4.39 Å². The number of piperidine rings is 1. The van der Waals surface area contributed by atoms with Crippen LogP contribution in [0.2, 0.25) is 10.0 Å². The zero-order valence-electron chi connectivity index (χ0n) is 9.56. The molecule has 0 saturated carbocycles. The van der Waals surface area contributed by atoms with Crippen molar-refractivity contribution < 1.29 is 4.39 Å². The highest BCUT2D eigenvalue weighted by Crippen LogP contribution is 2.24. The van der Waals surface area contributed by atoms with Gasteiger partial charge in [0.2, 0.25) is 0 Å². The normalized spacial score (nSPS) is 22.4. The van der Waals surface area contributed by atoms with Crippen LogP contribution >= 0.6 is 23.2 Å². The van der Waals surface area contributed by atoms with Crippen LogP contribution in [0.3, 0.4) is 0 Å². The Bertz CT molecular complexity index is 378. The van der Waals surface area contributed by atoms with Crippen LogP contribution in [0.15, 0.2) is 18.2 Å². The van der Waals surface area contributed by atoms with Crippen LogP contribution in [0.5, 0.6) is 0 Å². The minimum Gasteiger partial charge on any atom is -0.311 e. The molecule has 2 atom stereocenters. The van der Waals surface area contributed by atoms with Gasteiger partial charge >= 0.3 is 0 Å². The Labute approximate surface area is 111 Å². The van der Waals surface area contributed by atoms with Crippen LogP contribution in [0.4, 0.5) is 4.39 Å². The van der Waals surface area contributed by atoms with Crippen LogP contribution < -0.4 is 5.32 Å². The maximum atomic E-state index is 14.1. The van der Waals surface area contributed by atoms with Crippen LogP contribution in [0.1, 0.15) is 24.8 Å². The standard InChI is InChI=1S/C13H16Cl2FN/c14-10-5-4-9(11(15)8-10)7-12(16)13-3-1-2-6-17-13/h4-5,8,12-13,17H,1-3,6-7H2. The Kier molecular flexibility index (Phi) is 4.66. The molecule has 0 amide bonds. The topological polar surface area (TPSA) is 12.0 Å². The van der Waals surface area contributed by atoms with Gasteiger partial charge in [0.25, 0.3) is 0 Å². The van der Waals surface area contributed by atoms with Gasteiger partial charge in [0, 0.05) is 22.5 Å². The van der Waals surface area contributed by atoms with Crippen LogP contribution in [-0.2, 0) is 6.42 Å². The van der Waals surface area contributed by atoms with E-state index in [-0.39, 0.29) is 6.04 Å². The lowest BCUT2D eigenvalue weighted by atomic mass is 9.96. The van der Waals surface area contributed by atoms with Crippen LogP contribution in [0, 0.1) is 0 Å². The lowest BCUT2D eigenvalue weighted by Gasteiger charge is -2.26. The summed E-state index contributed by atoms with van der Waals surface area (Å²) in [5, 5.41) is 4.37. The van der Waals surface area contributed by atoms with Crippen molar-refractivity contribution in [3.63, 3.8) is 0 Å². The summed E-state index contributed by atoms with van der Waals surface area (Å²) in [6.07, 6.45) is 2.63. The van der Waals surface area contributed by atoms with Crippen LogP contribution in [0.25, 0.3) is 0 Å². The molecule has 0 radical (unpaired) electrons. The molecule has 1 aromatic rings. The molecule has 1 N–H and O–H groups in total. The summed E-state index contributed by atoms with van der Waals surface area (Å²) in [7, 11) is 0. The van der Waals surface area contributed by atoms with Crippen molar-refractivity contribution in [1.29, 1.82) is 0 Å². The first-order valence-electron chi connectivity index (χ1n) is 5.98. The molecule has 1 aromatic carbocycles. The van der Waals surface area contributed by atoms with Crippen molar-refractivity contribution in [2.45, 2.75) is 37.9 Å². The summed E-state index contributed by atoms with van der Waals surface area (Å²) >= 11 is 11.9. The smallest absolute Gasteiger partial charge is 0.119 e. The monoisotopic (exact) mass is 275 g/mol. The highest BCUT2D eigenvalue weighted by atomic mass is 35.5. The highest BCUT2D eigenvalue weighted by molar-refractivity contribution is 6.35. The van der Waals surface area contributed by atoms with Gasteiger partial charge in [-0.1, -0.05) is 35.7 Å².